The van der Waals surface area contributed by atoms with E-state index in [1.165, 1.54) is 17.0 Å². The van der Waals surface area contributed by atoms with Gasteiger partial charge in [0.2, 0.25) is 0 Å². The third-order valence-corrected chi connectivity index (χ3v) is 8.08. The Morgan fingerprint density at radius 1 is 1.16 bits per heavy atom. The number of thiazole rings is 1. The van der Waals surface area contributed by atoms with Crippen molar-refractivity contribution in [3.8, 4) is 0 Å². The molecule has 2 aromatic heterocycles. The zero-order chi connectivity index (χ0) is 22.2. The number of aromatic nitrogens is 1. The van der Waals surface area contributed by atoms with Crippen molar-refractivity contribution in [3.05, 3.63) is 70.9 Å². The molecule has 0 aliphatic rings. The SMILES string of the molecule is Cc1csc(SCc2c(C(=O)N(C)c3ccc(S(C)(=O)=O)cc3)oc3ccccc23)n1. The van der Waals surface area contributed by atoms with Gasteiger partial charge in [-0.15, -0.1) is 11.3 Å². The monoisotopic (exact) mass is 472 g/mol. The number of carbonyl (C=O) groups is 1. The fraction of sp³-hybridized carbons (Fsp3) is 0.182. The maximum atomic E-state index is 13.3. The average molecular weight is 473 g/mol. The number of benzene rings is 2. The first kappa shape index (κ1) is 21.6. The van der Waals surface area contributed by atoms with Crippen LogP contribution < -0.4 is 4.90 Å². The summed E-state index contributed by atoms with van der Waals surface area (Å²) >= 11 is 3.14. The van der Waals surface area contributed by atoms with Gasteiger partial charge in [-0.3, -0.25) is 4.79 Å². The number of furan rings is 1. The van der Waals surface area contributed by atoms with Gasteiger partial charge in [0.15, 0.2) is 15.6 Å². The second kappa shape index (κ2) is 8.49. The number of hydrogen-bond donors (Lipinski definition) is 0. The van der Waals surface area contributed by atoms with E-state index in [4.69, 9.17) is 4.42 Å². The van der Waals surface area contributed by atoms with E-state index < -0.39 is 9.84 Å². The van der Waals surface area contributed by atoms with E-state index in [9.17, 15) is 13.2 Å². The minimum Gasteiger partial charge on any atom is -0.451 e. The Balaban J connectivity index is 1.66. The molecule has 2 heterocycles. The largest absolute Gasteiger partial charge is 0.451 e. The zero-order valence-electron chi connectivity index (χ0n) is 17.2. The van der Waals surface area contributed by atoms with Crippen LogP contribution in [0.2, 0.25) is 0 Å². The molecule has 0 spiro atoms. The second-order valence-corrected chi connectivity index (χ2v) is 11.2. The third kappa shape index (κ3) is 4.53. The Hall–Kier alpha value is -2.62. The number of hydrogen-bond acceptors (Lipinski definition) is 7. The molecule has 0 saturated heterocycles. The van der Waals surface area contributed by atoms with E-state index in [-0.39, 0.29) is 16.6 Å². The number of anilines is 1. The molecule has 0 bridgehead atoms. The fourth-order valence-electron chi connectivity index (χ4n) is 3.13. The van der Waals surface area contributed by atoms with Gasteiger partial charge in [0.05, 0.1) is 4.90 Å². The summed E-state index contributed by atoms with van der Waals surface area (Å²) in [6.07, 6.45) is 1.15. The van der Waals surface area contributed by atoms with Crippen LogP contribution in [0, 0.1) is 6.92 Å². The molecule has 0 atom stereocenters. The lowest BCUT2D eigenvalue weighted by Crippen LogP contribution is -2.26. The molecule has 0 unspecified atom stereocenters. The van der Waals surface area contributed by atoms with Gasteiger partial charge in [0.25, 0.3) is 5.91 Å². The molecule has 0 fully saturated rings. The number of aryl methyl sites for hydroxylation is 1. The lowest BCUT2D eigenvalue weighted by molar-refractivity contribution is 0.0967. The highest BCUT2D eigenvalue weighted by molar-refractivity contribution is 8.00. The zero-order valence-corrected chi connectivity index (χ0v) is 19.6. The highest BCUT2D eigenvalue weighted by atomic mass is 32.2. The normalized spacial score (nSPS) is 11.7. The molecule has 4 aromatic rings. The van der Waals surface area contributed by atoms with Gasteiger partial charge >= 0.3 is 0 Å². The van der Waals surface area contributed by atoms with Crippen LogP contribution in [0.4, 0.5) is 5.69 Å². The standard InChI is InChI=1S/C22H20N2O4S3/c1-14-12-29-22(23-14)30-13-18-17-6-4-5-7-19(17)28-20(18)21(25)24(2)15-8-10-16(11-9-15)31(3,26)27/h4-12H,13H2,1-3H3. The first-order valence-corrected chi connectivity index (χ1v) is 13.1. The molecule has 0 radical (unpaired) electrons. The van der Waals surface area contributed by atoms with E-state index in [0.717, 1.165) is 27.2 Å². The Morgan fingerprint density at radius 3 is 2.52 bits per heavy atom. The van der Waals surface area contributed by atoms with Crippen LogP contribution in [0.3, 0.4) is 0 Å². The van der Waals surface area contributed by atoms with Crippen molar-refractivity contribution in [2.75, 3.05) is 18.2 Å². The molecule has 2 aromatic carbocycles. The molecule has 4 rings (SSSR count). The summed E-state index contributed by atoms with van der Waals surface area (Å²) in [7, 11) is -1.66. The van der Waals surface area contributed by atoms with Gasteiger partial charge in [0, 0.05) is 46.8 Å². The van der Waals surface area contributed by atoms with Crippen LogP contribution in [0.1, 0.15) is 21.8 Å². The van der Waals surface area contributed by atoms with E-state index >= 15 is 0 Å². The lowest BCUT2D eigenvalue weighted by atomic mass is 10.1. The highest BCUT2D eigenvalue weighted by Gasteiger charge is 2.24. The van der Waals surface area contributed by atoms with Crippen LogP contribution in [0.15, 0.2) is 67.6 Å². The van der Waals surface area contributed by atoms with Crippen LogP contribution >= 0.6 is 23.1 Å². The van der Waals surface area contributed by atoms with Crippen molar-refractivity contribution in [1.82, 2.24) is 4.98 Å². The second-order valence-electron chi connectivity index (χ2n) is 7.08. The van der Waals surface area contributed by atoms with Crippen molar-refractivity contribution in [3.63, 3.8) is 0 Å². The number of rotatable bonds is 6. The molecular formula is C22H20N2O4S3. The maximum Gasteiger partial charge on any atom is 0.294 e. The Labute approximate surface area is 188 Å². The topological polar surface area (TPSA) is 80.5 Å². The summed E-state index contributed by atoms with van der Waals surface area (Å²) in [4.78, 5) is 19.5. The van der Waals surface area contributed by atoms with Crippen LogP contribution in [0.5, 0.6) is 0 Å². The number of fused-ring (bicyclic) bond motifs is 1. The molecule has 160 valence electrons. The van der Waals surface area contributed by atoms with Crippen molar-refractivity contribution in [2.24, 2.45) is 0 Å². The van der Waals surface area contributed by atoms with Gasteiger partial charge in [-0.1, -0.05) is 30.0 Å². The quantitative estimate of drug-likeness (QED) is 0.360. The molecular weight excluding hydrogens is 452 g/mol. The molecule has 0 aliphatic heterocycles. The van der Waals surface area contributed by atoms with Gasteiger partial charge in [0.1, 0.15) is 9.92 Å². The van der Waals surface area contributed by atoms with E-state index in [2.05, 4.69) is 4.98 Å². The van der Waals surface area contributed by atoms with Crippen LogP contribution in [-0.4, -0.2) is 32.6 Å². The van der Waals surface area contributed by atoms with Crippen LogP contribution in [-0.2, 0) is 15.6 Å². The smallest absolute Gasteiger partial charge is 0.294 e. The summed E-state index contributed by atoms with van der Waals surface area (Å²) in [6.45, 7) is 1.95. The van der Waals surface area contributed by atoms with Gasteiger partial charge in [-0.2, -0.15) is 0 Å². The summed E-state index contributed by atoms with van der Waals surface area (Å²) in [5, 5.41) is 2.89. The summed E-state index contributed by atoms with van der Waals surface area (Å²) < 4.78 is 30.3. The Morgan fingerprint density at radius 2 is 1.87 bits per heavy atom. The number of para-hydroxylation sites is 1. The summed E-state index contributed by atoms with van der Waals surface area (Å²) in [5.41, 5.74) is 3.01. The molecule has 0 saturated carbocycles. The third-order valence-electron chi connectivity index (χ3n) is 4.79. The van der Waals surface area contributed by atoms with E-state index in [1.807, 2.05) is 36.6 Å². The Bertz CT molecular complexity index is 1360. The highest BCUT2D eigenvalue weighted by Crippen LogP contribution is 2.34. The first-order valence-electron chi connectivity index (χ1n) is 9.37. The number of nitrogens with zero attached hydrogens (tertiary/aromatic N) is 2. The van der Waals surface area contributed by atoms with E-state index in [0.29, 0.717) is 17.0 Å². The van der Waals surface area contributed by atoms with Crippen LogP contribution in [0.25, 0.3) is 11.0 Å². The summed E-state index contributed by atoms with van der Waals surface area (Å²) in [5.74, 6) is 0.525. The minimum atomic E-state index is -3.30. The van der Waals surface area contributed by atoms with Crippen molar-refractivity contribution < 1.29 is 17.6 Å². The predicted molar refractivity (Wildman–Crippen MR) is 125 cm³/mol. The molecule has 31 heavy (non-hydrogen) atoms. The first-order chi connectivity index (χ1) is 14.7. The maximum absolute atomic E-state index is 13.3. The van der Waals surface area contributed by atoms with Crippen molar-refractivity contribution >= 4 is 55.5 Å². The molecule has 0 N–H and O–H groups in total. The molecule has 1 amide bonds. The molecule has 9 heteroatoms. The lowest BCUT2D eigenvalue weighted by Gasteiger charge is -2.17. The average Bonchev–Trinajstić information content (AvgIpc) is 3.33. The summed E-state index contributed by atoms with van der Waals surface area (Å²) in [6, 6.07) is 13.8. The fourth-order valence-corrected chi connectivity index (χ4v) is 5.64. The van der Waals surface area contributed by atoms with Crippen molar-refractivity contribution in [1.29, 1.82) is 0 Å². The number of sulfone groups is 1. The number of thioether (sulfide) groups is 1. The Kier molecular flexibility index (Phi) is 5.92. The van der Waals surface area contributed by atoms with Gasteiger partial charge < -0.3 is 9.32 Å². The number of carbonyl (C=O) groups excluding carboxylic acids is 1. The van der Waals surface area contributed by atoms with Gasteiger partial charge in [-0.05, 0) is 37.3 Å². The predicted octanol–water partition coefficient (Wildman–Crippen LogP) is 5.17. The minimum absolute atomic E-state index is 0.205. The van der Waals surface area contributed by atoms with Crippen molar-refractivity contribution in [2.45, 2.75) is 21.9 Å². The molecule has 0 aliphatic carbocycles. The molecule has 6 nitrogen and oxygen atoms in total. The number of amides is 1. The van der Waals surface area contributed by atoms with E-state index in [1.54, 1.807) is 42.3 Å². The van der Waals surface area contributed by atoms with Gasteiger partial charge in [-0.25, -0.2) is 13.4 Å².